The van der Waals surface area contributed by atoms with Gasteiger partial charge in [-0.15, -0.1) is 0 Å². The smallest absolute Gasteiger partial charge is 0.321 e. The maximum Gasteiger partial charge on any atom is 0.321 e. The predicted molar refractivity (Wildman–Crippen MR) is 60.8 cm³/mol. The molecule has 0 aromatic heterocycles. The highest BCUT2D eigenvalue weighted by molar-refractivity contribution is 5.89. The van der Waals surface area contributed by atoms with Crippen molar-refractivity contribution in [2.24, 2.45) is 0 Å². The molecule has 1 N–H and O–H groups in total. The number of hydrogen-bond donors (Lipinski definition) is 1. The summed E-state index contributed by atoms with van der Waals surface area (Å²) in [7, 11) is 0. The van der Waals surface area contributed by atoms with E-state index in [0.29, 0.717) is 13.1 Å². The minimum atomic E-state index is -0.754. The summed E-state index contributed by atoms with van der Waals surface area (Å²) in [5.74, 6) is -1.41. The molecule has 1 saturated heterocycles. The first-order valence-corrected chi connectivity index (χ1v) is 5.68. The quantitative estimate of drug-likeness (QED) is 0.804. The second-order valence-corrected chi connectivity index (χ2v) is 4.10. The van der Waals surface area contributed by atoms with Gasteiger partial charge < -0.3 is 10.2 Å². The van der Waals surface area contributed by atoms with Crippen LogP contribution in [0, 0.1) is 11.6 Å². The molecule has 0 spiro atoms. The Morgan fingerprint density at radius 2 is 1.88 bits per heavy atom. The third-order valence-electron chi connectivity index (χ3n) is 2.82. The molecule has 0 aliphatic carbocycles. The Morgan fingerprint density at radius 1 is 1.18 bits per heavy atom. The van der Waals surface area contributed by atoms with Crippen LogP contribution in [-0.4, -0.2) is 24.0 Å². The van der Waals surface area contributed by atoms with Gasteiger partial charge in [0.25, 0.3) is 0 Å². The van der Waals surface area contributed by atoms with Gasteiger partial charge in [-0.1, -0.05) is 0 Å². The zero-order chi connectivity index (χ0) is 12.3. The maximum absolute atomic E-state index is 13.3. The standard InChI is InChI=1S/C12H14F2N2O/c13-9-4-5-11(10(14)8-9)15-12(17)16-6-2-1-3-7-16/h4-5,8H,1-3,6-7H2,(H,15,17). The van der Waals surface area contributed by atoms with Crippen LogP contribution in [-0.2, 0) is 0 Å². The molecule has 3 nitrogen and oxygen atoms in total. The number of nitrogens with zero attached hydrogens (tertiary/aromatic N) is 1. The van der Waals surface area contributed by atoms with Gasteiger partial charge in [0, 0.05) is 19.2 Å². The monoisotopic (exact) mass is 240 g/mol. The fourth-order valence-electron chi connectivity index (χ4n) is 1.88. The number of carbonyl (C=O) groups is 1. The minimum absolute atomic E-state index is 0.0157. The Bertz CT molecular complexity index is 417. The first kappa shape index (κ1) is 11.8. The third-order valence-corrected chi connectivity index (χ3v) is 2.82. The first-order valence-electron chi connectivity index (χ1n) is 5.68. The summed E-state index contributed by atoms with van der Waals surface area (Å²) in [6.45, 7) is 1.38. The topological polar surface area (TPSA) is 32.3 Å². The lowest BCUT2D eigenvalue weighted by Gasteiger charge is -2.26. The van der Waals surface area contributed by atoms with Crippen molar-refractivity contribution in [1.29, 1.82) is 0 Å². The number of urea groups is 1. The lowest BCUT2D eigenvalue weighted by Crippen LogP contribution is -2.38. The van der Waals surface area contributed by atoms with E-state index in [0.717, 1.165) is 31.4 Å². The van der Waals surface area contributed by atoms with E-state index in [4.69, 9.17) is 0 Å². The zero-order valence-electron chi connectivity index (χ0n) is 9.38. The van der Waals surface area contributed by atoms with Gasteiger partial charge >= 0.3 is 6.03 Å². The lowest BCUT2D eigenvalue weighted by molar-refractivity contribution is 0.200. The van der Waals surface area contributed by atoms with Crippen molar-refractivity contribution in [3.05, 3.63) is 29.8 Å². The van der Waals surface area contributed by atoms with Gasteiger partial charge in [-0.05, 0) is 31.4 Å². The van der Waals surface area contributed by atoms with Crippen LogP contribution in [0.5, 0.6) is 0 Å². The average molecular weight is 240 g/mol. The number of anilines is 1. The molecule has 0 unspecified atom stereocenters. The summed E-state index contributed by atoms with van der Waals surface area (Å²) in [4.78, 5) is 13.4. The zero-order valence-corrected chi connectivity index (χ0v) is 9.38. The molecule has 17 heavy (non-hydrogen) atoms. The fraction of sp³-hybridized carbons (Fsp3) is 0.417. The third kappa shape index (κ3) is 2.93. The van der Waals surface area contributed by atoms with E-state index >= 15 is 0 Å². The van der Waals surface area contributed by atoms with Crippen LogP contribution in [0.2, 0.25) is 0 Å². The summed E-state index contributed by atoms with van der Waals surface area (Å²) in [5, 5.41) is 2.45. The van der Waals surface area contributed by atoms with Crippen LogP contribution in [0.3, 0.4) is 0 Å². The molecule has 92 valence electrons. The maximum atomic E-state index is 13.3. The largest absolute Gasteiger partial charge is 0.325 e. The second-order valence-electron chi connectivity index (χ2n) is 4.10. The van der Waals surface area contributed by atoms with Gasteiger partial charge in [-0.3, -0.25) is 0 Å². The van der Waals surface area contributed by atoms with Crippen LogP contribution in [0.25, 0.3) is 0 Å². The Balaban J connectivity index is 2.02. The van der Waals surface area contributed by atoms with Crippen LogP contribution >= 0.6 is 0 Å². The van der Waals surface area contributed by atoms with E-state index in [1.54, 1.807) is 4.90 Å². The van der Waals surface area contributed by atoms with Crippen molar-refractivity contribution >= 4 is 11.7 Å². The van der Waals surface area contributed by atoms with Crippen molar-refractivity contribution < 1.29 is 13.6 Å². The van der Waals surface area contributed by atoms with Gasteiger partial charge in [0.2, 0.25) is 0 Å². The van der Waals surface area contributed by atoms with E-state index in [1.165, 1.54) is 6.07 Å². The first-order chi connectivity index (χ1) is 8.16. The Labute approximate surface area is 98.4 Å². The van der Waals surface area contributed by atoms with E-state index in [1.807, 2.05) is 0 Å². The number of likely N-dealkylation sites (tertiary alicyclic amines) is 1. The summed E-state index contributed by atoms with van der Waals surface area (Å²) in [6, 6.07) is 2.78. The number of carbonyl (C=O) groups excluding carboxylic acids is 1. The second kappa shape index (κ2) is 5.12. The summed E-state index contributed by atoms with van der Waals surface area (Å²) >= 11 is 0. The molecule has 0 saturated carbocycles. The van der Waals surface area contributed by atoms with Crippen LogP contribution in [0.4, 0.5) is 19.3 Å². The SMILES string of the molecule is O=C(Nc1ccc(F)cc1F)N1CCCCC1. The lowest BCUT2D eigenvalue weighted by atomic mass is 10.1. The minimum Gasteiger partial charge on any atom is -0.325 e. The van der Waals surface area contributed by atoms with Crippen molar-refractivity contribution in [2.75, 3.05) is 18.4 Å². The molecule has 2 amide bonds. The van der Waals surface area contributed by atoms with Crippen molar-refractivity contribution in [1.82, 2.24) is 4.90 Å². The molecule has 2 rings (SSSR count). The van der Waals surface area contributed by atoms with Crippen molar-refractivity contribution in [2.45, 2.75) is 19.3 Å². The predicted octanol–water partition coefficient (Wildman–Crippen LogP) is 2.98. The van der Waals surface area contributed by atoms with E-state index in [-0.39, 0.29) is 11.7 Å². The number of piperidine rings is 1. The fourth-order valence-corrected chi connectivity index (χ4v) is 1.88. The molecule has 1 aliphatic heterocycles. The molecule has 1 fully saturated rings. The van der Waals surface area contributed by atoms with Crippen molar-refractivity contribution in [3.63, 3.8) is 0 Å². The summed E-state index contributed by atoms with van der Waals surface area (Å²) in [5.41, 5.74) is 0.0157. The molecule has 1 aromatic carbocycles. The Hall–Kier alpha value is -1.65. The number of nitrogens with one attached hydrogen (secondary N) is 1. The number of halogens is 2. The Kier molecular flexibility index (Phi) is 3.56. The molecular formula is C12H14F2N2O. The van der Waals surface area contributed by atoms with E-state index in [2.05, 4.69) is 5.32 Å². The van der Waals surface area contributed by atoms with Crippen LogP contribution < -0.4 is 5.32 Å². The number of rotatable bonds is 1. The highest BCUT2D eigenvalue weighted by atomic mass is 19.1. The highest BCUT2D eigenvalue weighted by Crippen LogP contribution is 2.16. The van der Waals surface area contributed by atoms with Crippen LogP contribution in [0.15, 0.2) is 18.2 Å². The highest BCUT2D eigenvalue weighted by Gasteiger charge is 2.17. The van der Waals surface area contributed by atoms with Crippen molar-refractivity contribution in [3.8, 4) is 0 Å². The molecular weight excluding hydrogens is 226 g/mol. The van der Waals surface area contributed by atoms with Gasteiger partial charge in [0.1, 0.15) is 11.6 Å². The number of hydrogen-bond acceptors (Lipinski definition) is 1. The number of amides is 2. The Morgan fingerprint density at radius 3 is 2.53 bits per heavy atom. The molecule has 1 aliphatic rings. The molecule has 0 bridgehead atoms. The molecule has 5 heteroatoms. The van der Waals surface area contributed by atoms with E-state index < -0.39 is 11.6 Å². The summed E-state index contributed by atoms with van der Waals surface area (Å²) in [6.07, 6.45) is 3.06. The normalized spacial score (nSPS) is 15.8. The molecule has 1 heterocycles. The molecule has 1 aromatic rings. The summed E-state index contributed by atoms with van der Waals surface area (Å²) < 4.78 is 26.0. The van der Waals surface area contributed by atoms with E-state index in [9.17, 15) is 13.6 Å². The molecule has 0 atom stereocenters. The van der Waals surface area contributed by atoms with Gasteiger partial charge in [0.05, 0.1) is 5.69 Å². The molecule has 0 radical (unpaired) electrons. The van der Waals surface area contributed by atoms with Gasteiger partial charge in [0.15, 0.2) is 0 Å². The van der Waals surface area contributed by atoms with Gasteiger partial charge in [-0.2, -0.15) is 0 Å². The van der Waals surface area contributed by atoms with Crippen LogP contribution in [0.1, 0.15) is 19.3 Å². The van der Waals surface area contributed by atoms with Gasteiger partial charge in [-0.25, -0.2) is 13.6 Å². The average Bonchev–Trinajstić information content (AvgIpc) is 2.34. The number of benzene rings is 1.